The van der Waals surface area contributed by atoms with E-state index < -0.39 is 0 Å². The average Bonchev–Trinajstić information content (AvgIpc) is 2.59. The summed E-state index contributed by atoms with van der Waals surface area (Å²) in [5.74, 6) is 0. The molecule has 0 aromatic heterocycles. The van der Waals surface area contributed by atoms with Gasteiger partial charge in [0.05, 0.1) is 21.8 Å². The van der Waals surface area contributed by atoms with Gasteiger partial charge < -0.3 is 0 Å². The zero-order valence-electron chi connectivity index (χ0n) is 16.0. The second kappa shape index (κ2) is 5.98. The first-order valence-electron chi connectivity index (χ1n) is 9.45. The van der Waals surface area contributed by atoms with Gasteiger partial charge in [-0.25, -0.2) is 0 Å². The van der Waals surface area contributed by atoms with Crippen LogP contribution < -0.4 is 10.7 Å². The van der Waals surface area contributed by atoms with E-state index in [-0.39, 0.29) is 11.1 Å². The van der Waals surface area contributed by atoms with Crippen LogP contribution in [0.25, 0.3) is 11.1 Å². The van der Waals surface area contributed by atoms with Gasteiger partial charge in [0.15, 0.2) is 0 Å². The molecule has 0 bridgehead atoms. The van der Waals surface area contributed by atoms with Crippen molar-refractivity contribution in [2.75, 3.05) is 0 Å². The van der Waals surface area contributed by atoms with Crippen LogP contribution >= 0.6 is 0 Å². The molecule has 2 nitrogen and oxygen atoms in total. The molecule has 0 N–H and O–H groups in total. The average molecular weight is 322 g/mol. The van der Waals surface area contributed by atoms with Gasteiger partial charge in [-0.15, -0.1) is 0 Å². The Morgan fingerprint density at radius 1 is 0.708 bits per heavy atom. The van der Waals surface area contributed by atoms with Gasteiger partial charge in [-0.1, -0.05) is 39.8 Å². The third kappa shape index (κ3) is 2.76. The molecule has 1 aromatic rings. The fraction of sp³-hybridized carbons (Fsp3) is 0.545. The van der Waals surface area contributed by atoms with Crippen LogP contribution in [0.2, 0.25) is 0 Å². The Bertz CT molecular complexity index is 772. The molecule has 3 rings (SSSR count). The molecule has 0 saturated heterocycles. The number of allylic oxidation sites excluding steroid dienone is 2. The third-order valence-corrected chi connectivity index (χ3v) is 5.72. The number of hydrogen-bond acceptors (Lipinski definition) is 2. The SMILES string of the molecule is CCC1=CC(C)(CC)N=c2cc3c(cc21)=NC(C)(CC)C=C3CC. The van der Waals surface area contributed by atoms with Crippen LogP contribution in [0.15, 0.2) is 34.3 Å². The van der Waals surface area contributed by atoms with Crippen LogP contribution in [0.1, 0.15) is 78.4 Å². The molecule has 2 atom stereocenters. The molecule has 0 saturated carbocycles. The zero-order chi connectivity index (χ0) is 17.5. The van der Waals surface area contributed by atoms with Crippen LogP contribution in [-0.4, -0.2) is 11.1 Å². The minimum atomic E-state index is -0.0770. The molecular formula is C22H30N2. The summed E-state index contributed by atoms with van der Waals surface area (Å²) < 4.78 is 0. The van der Waals surface area contributed by atoms with Crippen LogP contribution in [0, 0.1) is 0 Å². The molecule has 0 spiro atoms. The van der Waals surface area contributed by atoms with E-state index in [0.29, 0.717) is 0 Å². The van der Waals surface area contributed by atoms with Gasteiger partial charge in [0.25, 0.3) is 0 Å². The summed E-state index contributed by atoms with van der Waals surface area (Å²) in [5.41, 5.74) is 5.23. The Hall–Kier alpha value is -1.70. The first kappa shape index (κ1) is 17.1. The lowest BCUT2D eigenvalue weighted by atomic mass is 9.85. The Labute approximate surface area is 146 Å². The van der Waals surface area contributed by atoms with Crippen molar-refractivity contribution in [2.45, 2.75) is 78.3 Å². The molecule has 2 aliphatic heterocycles. The minimum Gasteiger partial charge on any atom is -0.274 e. The van der Waals surface area contributed by atoms with Crippen molar-refractivity contribution in [1.29, 1.82) is 0 Å². The second-order valence-corrected chi connectivity index (χ2v) is 7.58. The standard InChI is InChI=1S/C22H30N2/c1-7-15-13-21(5,9-3)23-19-12-18-16(8-2)14-22(6,10-4)24-20(18)11-17(15)19/h11-14H,7-10H2,1-6H3. The molecule has 0 amide bonds. The fourth-order valence-corrected chi connectivity index (χ4v) is 3.74. The lowest BCUT2D eigenvalue weighted by Gasteiger charge is -2.29. The quantitative estimate of drug-likeness (QED) is 0.755. The van der Waals surface area contributed by atoms with Crippen LogP contribution in [0.5, 0.6) is 0 Å². The summed E-state index contributed by atoms with van der Waals surface area (Å²) >= 11 is 0. The van der Waals surface area contributed by atoms with Gasteiger partial charge in [0, 0.05) is 11.1 Å². The summed E-state index contributed by atoms with van der Waals surface area (Å²) in [6.45, 7) is 13.4. The fourth-order valence-electron chi connectivity index (χ4n) is 3.74. The van der Waals surface area contributed by atoms with E-state index in [1.165, 1.54) is 22.3 Å². The summed E-state index contributed by atoms with van der Waals surface area (Å²) in [4.78, 5) is 10.2. The molecule has 0 radical (unpaired) electrons. The number of rotatable bonds is 4. The summed E-state index contributed by atoms with van der Waals surface area (Å²) in [5, 5.41) is 2.29. The summed E-state index contributed by atoms with van der Waals surface area (Å²) in [7, 11) is 0. The van der Waals surface area contributed by atoms with Gasteiger partial charge in [-0.05, 0) is 62.8 Å². The molecule has 1 aromatic carbocycles. The smallest absolute Gasteiger partial charge is 0.0770 e. The van der Waals surface area contributed by atoms with Gasteiger partial charge in [-0.3, -0.25) is 9.98 Å². The van der Waals surface area contributed by atoms with Crippen molar-refractivity contribution in [3.05, 3.63) is 46.1 Å². The molecule has 0 aliphatic carbocycles. The van der Waals surface area contributed by atoms with Crippen molar-refractivity contribution < 1.29 is 0 Å². The van der Waals surface area contributed by atoms with Crippen molar-refractivity contribution >= 4 is 11.1 Å². The van der Waals surface area contributed by atoms with E-state index >= 15 is 0 Å². The highest BCUT2D eigenvalue weighted by atomic mass is 14.9. The highest BCUT2D eigenvalue weighted by Crippen LogP contribution is 2.31. The number of benzene rings is 1. The third-order valence-electron chi connectivity index (χ3n) is 5.72. The predicted octanol–water partition coefficient (Wildman–Crippen LogP) is 4.88. The summed E-state index contributed by atoms with van der Waals surface area (Å²) in [6, 6.07) is 4.57. The molecule has 2 heterocycles. The monoisotopic (exact) mass is 322 g/mol. The van der Waals surface area contributed by atoms with Crippen molar-refractivity contribution in [3.63, 3.8) is 0 Å². The van der Waals surface area contributed by atoms with Crippen LogP contribution in [-0.2, 0) is 0 Å². The molecule has 2 unspecified atom stereocenters. The first-order chi connectivity index (χ1) is 11.4. The number of nitrogens with zero attached hydrogens (tertiary/aromatic N) is 2. The van der Waals surface area contributed by atoms with E-state index in [4.69, 9.17) is 9.98 Å². The second-order valence-electron chi connectivity index (χ2n) is 7.58. The van der Waals surface area contributed by atoms with E-state index in [1.54, 1.807) is 0 Å². The summed E-state index contributed by atoms with van der Waals surface area (Å²) in [6.07, 6.45) is 8.86. The normalized spacial score (nSPS) is 28.1. The molecule has 128 valence electrons. The molecule has 0 fully saturated rings. The van der Waals surface area contributed by atoms with Gasteiger partial charge in [0.1, 0.15) is 0 Å². The van der Waals surface area contributed by atoms with Crippen molar-refractivity contribution in [3.8, 4) is 0 Å². The maximum absolute atomic E-state index is 5.08. The topological polar surface area (TPSA) is 24.7 Å². The molecule has 2 heteroatoms. The van der Waals surface area contributed by atoms with Crippen molar-refractivity contribution in [2.24, 2.45) is 9.98 Å². The van der Waals surface area contributed by atoms with Crippen LogP contribution in [0.3, 0.4) is 0 Å². The van der Waals surface area contributed by atoms with E-state index in [0.717, 1.165) is 36.4 Å². The lowest BCUT2D eigenvalue weighted by molar-refractivity contribution is 0.542. The Morgan fingerprint density at radius 2 is 1.08 bits per heavy atom. The van der Waals surface area contributed by atoms with Crippen LogP contribution in [0.4, 0.5) is 0 Å². The zero-order valence-corrected chi connectivity index (χ0v) is 16.0. The number of hydrogen-bond donors (Lipinski definition) is 0. The highest BCUT2D eigenvalue weighted by molar-refractivity contribution is 5.73. The van der Waals surface area contributed by atoms with Crippen molar-refractivity contribution in [1.82, 2.24) is 0 Å². The molecular weight excluding hydrogens is 292 g/mol. The Balaban J connectivity index is 2.32. The van der Waals surface area contributed by atoms with Gasteiger partial charge >= 0.3 is 0 Å². The van der Waals surface area contributed by atoms with E-state index in [1.807, 2.05) is 0 Å². The largest absolute Gasteiger partial charge is 0.274 e. The Morgan fingerprint density at radius 3 is 1.38 bits per heavy atom. The first-order valence-corrected chi connectivity index (χ1v) is 9.45. The number of fused-ring (bicyclic) bond motifs is 2. The Kier molecular flexibility index (Phi) is 4.27. The molecule has 24 heavy (non-hydrogen) atoms. The lowest BCUT2D eigenvalue weighted by Crippen LogP contribution is -2.34. The highest BCUT2D eigenvalue weighted by Gasteiger charge is 2.27. The predicted molar refractivity (Wildman–Crippen MR) is 103 cm³/mol. The maximum atomic E-state index is 5.08. The van der Waals surface area contributed by atoms with Gasteiger partial charge in [-0.2, -0.15) is 0 Å². The van der Waals surface area contributed by atoms with E-state index in [2.05, 4.69) is 65.8 Å². The molecule has 2 aliphatic rings. The maximum Gasteiger partial charge on any atom is 0.0770 e. The van der Waals surface area contributed by atoms with Gasteiger partial charge in [0.2, 0.25) is 0 Å². The minimum absolute atomic E-state index is 0.0770. The van der Waals surface area contributed by atoms with E-state index in [9.17, 15) is 0 Å².